The van der Waals surface area contributed by atoms with E-state index in [9.17, 15) is 0 Å². The molecule has 1 spiro atoms. The van der Waals surface area contributed by atoms with E-state index in [1.807, 2.05) is 6.21 Å². The summed E-state index contributed by atoms with van der Waals surface area (Å²) in [7, 11) is 0. The molecule has 0 amide bonds. The van der Waals surface area contributed by atoms with Crippen molar-refractivity contribution in [2.75, 3.05) is 0 Å². The van der Waals surface area contributed by atoms with E-state index in [0.717, 1.165) is 0 Å². The van der Waals surface area contributed by atoms with E-state index in [1.54, 1.807) is 0 Å². The molecular weight excluding hydrogens is 170 g/mol. The molecule has 0 aromatic heterocycles. The topological polar surface area (TPSA) is 12.4 Å². The van der Waals surface area contributed by atoms with Crippen molar-refractivity contribution in [1.82, 2.24) is 0 Å². The summed E-state index contributed by atoms with van der Waals surface area (Å²) in [4.78, 5) is 4.50. The van der Waals surface area contributed by atoms with Gasteiger partial charge in [-0.2, -0.15) is 0 Å². The molecule has 14 heavy (non-hydrogen) atoms. The molecule has 0 aromatic rings. The summed E-state index contributed by atoms with van der Waals surface area (Å²) >= 11 is 0. The summed E-state index contributed by atoms with van der Waals surface area (Å²) < 4.78 is 0. The lowest BCUT2D eigenvalue weighted by atomic mass is 9.68. The van der Waals surface area contributed by atoms with Gasteiger partial charge in [0.05, 0.1) is 11.1 Å². The second kappa shape index (κ2) is 2.81. The zero-order chi connectivity index (χ0) is 9.43. The standard InChI is InChI=1S/C13H13N/c1-3-8-13-9-4-2-6-12(13)14-10-7-11(13)5-1/h1,3,5-8,10H,2,4,9H2/t13-/m1/s1. The summed E-state index contributed by atoms with van der Waals surface area (Å²) in [6.45, 7) is 0. The zero-order valence-electron chi connectivity index (χ0n) is 8.11. The first-order valence-electron chi connectivity index (χ1n) is 5.23. The maximum absolute atomic E-state index is 4.50. The Kier molecular flexibility index (Phi) is 1.60. The SMILES string of the molecule is C1=CC2=CC=NC3=CCCC[C@]23C=C1. The number of dihydropyridines is 1. The molecule has 0 saturated heterocycles. The molecule has 1 heterocycles. The third kappa shape index (κ3) is 0.926. The van der Waals surface area contributed by atoms with Crippen molar-refractivity contribution in [3.63, 3.8) is 0 Å². The fourth-order valence-electron chi connectivity index (χ4n) is 2.58. The molecule has 0 bridgehead atoms. The Labute approximate surface area is 84.2 Å². The van der Waals surface area contributed by atoms with E-state index in [0.29, 0.717) is 0 Å². The third-order valence-corrected chi connectivity index (χ3v) is 3.32. The van der Waals surface area contributed by atoms with Crippen LogP contribution in [0.4, 0.5) is 0 Å². The summed E-state index contributed by atoms with van der Waals surface area (Å²) in [5.74, 6) is 0. The quantitative estimate of drug-likeness (QED) is 0.547. The Morgan fingerprint density at radius 1 is 1.29 bits per heavy atom. The van der Waals surface area contributed by atoms with Gasteiger partial charge in [0.1, 0.15) is 0 Å². The van der Waals surface area contributed by atoms with Crippen LogP contribution in [-0.2, 0) is 0 Å². The van der Waals surface area contributed by atoms with Crippen molar-refractivity contribution >= 4 is 6.21 Å². The van der Waals surface area contributed by atoms with Crippen LogP contribution >= 0.6 is 0 Å². The fraction of sp³-hybridized carbons (Fsp3) is 0.308. The van der Waals surface area contributed by atoms with E-state index in [4.69, 9.17) is 0 Å². The van der Waals surface area contributed by atoms with E-state index in [1.165, 1.54) is 30.5 Å². The minimum absolute atomic E-state index is 0.127. The van der Waals surface area contributed by atoms with Gasteiger partial charge < -0.3 is 0 Å². The van der Waals surface area contributed by atoms with E-state index >= 15 is 0 Å². The van der Waals surface area contributed by atoms with Crippen LogP contribution in [0.2, 0.25) is 0 Å². The van der Waals surface area contributed by atoms with Crippen molar-refractivity contribution in [3.05, 3.63) is 47.7 Å². The van der Waals surface area contributed by atoms with Gasteiger partial charge in [0.25, 0.3) is 0 Å². The Balaban J connectivity index is 2.20. The Morgan fingerprint density at radius 2 is 2.29 bits per heavy atom. The molecular formula is C13H13N. The molecule has 70 valence electrons. The van der Waals surface area contributed by atoms with Gasteiger partial charge in [-0.05, 0) is 30.9 Å². The lowest BCUT2D eigenvalue weighted by Gasteiger charge is -2.38. The van der Waals surface area contributed by atoms with Crippen LogP contribution in [0.25, 0.3) is 0 Å². The van der Waals surface area contributed by atoms with Crippen LogP contribution in [0.5, 0.6) is 0 Å². The second-order valence-corrected chi connectivity index (χ2v) is 4.07. The maximum Gasteiger partial charge on any atom is 0.0555 e. The van der Waals surface area contributed by atoms with Crippen molar-refractivity contribution < 1.29 is 0 Å². The molecule has 1 nitrogen and oxygen atoms in total. The van der Waals surface area contributed by atoms with Gasteiger partial charge in [-0.15, -0.1) is 0 Å². The number of rotatable bonds is 0. The average Bonchev–Trinajstić information content (AvgIpc) is 2.26. The third-order valence-electron chi connectivity index (χ3n) is 3.32. The van der Waals surface area contributed by atoms with Crippen LogP contribution < -0.4 is 0 Å². The number of hydrogen-bond acceptors (Lipinski definition) is 1. The molecule has 0 aromatic carbocycles. The Hall–Kier alpha value is -1.37. The predicted molar refractivity (Wildman–Crippen MR) is 59.2 cm³/mol. The van der Waals surface area contributed by atoms with Gasteiger partial charge in [0.2, 0.25) is 0 Å². The van der Waals surface area contributed by atoms with Gasteiger partial charge in [0.15, 0.2) is 0 Å². The highest BCUT2D eigenvalue weighted by molar-refractivity contribution is 5.78. The minimum atomic E-state index is 0.127. The van der Waals surface area contributed by atoms with Crippen LogP contribution in [0.1, 0.15) is 19.3 Å². The molecule has 0 fully saturated rings. The second-order valence-electron chi connectivity index (χ2n) is 4.07. The van der Waals surface area contributed by atoms with E-state index in [2.05, 4.69) is 41.4 Å². The van der Waals surface area contributed by atoms with Crippen LogP contribution in [0.15, 0.2) is 52.7 Å². The first-order valence-corrected chi connectivity index (χ1v) is 5.23. The highest BCUT2D eigenvalue weighted by Crippen LogP contribution is 2.48. The molecule has 0 N–H and O–H groups in total. The average molecular weight is 183 g/mol. The molecule has 1 aliphatic heterocycles. The largest absolute Gasteiger partial charge is 0.260 e. The van der Waals surface area contributed by atoms with Crippen LogP contribution in [0.3, 0.4) is 0 Å². The number of nitrogens with zero attached hydrogens (tertiary/aromatic N) is 1. The lowest BCUT2D eigenvalue weighted by Crippen LogP contribution is -2.28. The molecule has 0 unspecified atom stereocenters. The van der Waals surface area contributed by atoms with Crippen molar-refractivity contribution in [2.24, 2.45) is 10.4 Å². The van der Waals surface area contributed by atoms with Gasteiger partial charge in [0, 0.05) is 6.21 Å². The number of aliphatic imine (C=N–C) groups is 1. The van der Waals surface area contributed by atoms with Crippen molar-refractivity contribution in [1.29, 1.82) is 0 Å². The highest BCUT2D eigenvalue weighted by atomic mass is 14.8. The zero-order valence-corrected chi connectivity index (χ0v) is 8.11. The number of allylic oxidation sites excluding steroid dienone is 6. The first kappa shape index (κ1) is 7.98. The van der Waals surface area contributed by atoms with E-state index in [-0.39, 0.29) is 5.41 Å². The van der Waals surface area contributed by atoms with Gasteiger partial charge in [-0.1, -0.05) is 30.4 Å². The normalized spacial score (nSPS) is 33.1. The highest BCUT2D eigenvalue weighted by Gasteiger charge is 2.37. The minimum Gasteiger partial charge on any atom is -0.260 e. The smallest absolute Gasteiger partial charge is 0.0555 e. The van der Waals surface area contributed by atoms with Crippen molar-refractivity contribution in [3.8, 4) is 0 Å². The molecule has 0 saturated carbocycles. The van der Waals surface area contributed by atoms with Gasteiger partial charge in [-0.25, -0.2) is 0 Å². The molecule has 1 atom stereocenters. The van der Waals surface area contributed by atoms with Crippen LogP contribution in [0, 0.1) is 5.41 Å². The molecule has 3 aliphatic rings. The molecule has 3 rings (SSSR count). The molecule has 0 radical (unpaired) electrons. The van der Waals surface area contributed by atoms with Gasteiger partial charge in [-0.3, -0.25) is 4.99 Å². The Morgan fingerprint density at radius 3 is 3.29 bits per heavy atom. The summed E-state index contributed by atoms with van der Waals surface area (Å²) in [6, 6.07) is 0. The maximum atomic E-state index is 4.50. The summed E-state index contributed by atoms with van der Waals surface area (Å²) in [6.07, 6.45) is 18.8. The Bertz CT molecular complexity index is 407. The summed E-state index contributed by atoms with van der Waals surface area (Å²) in [5, 5.41) is 0. The fourth-order valence-corrected chi connectivity index (χ4v) is 2.58. The van der Waals surface area contributed by atoms with E-state index < -0.39 is 0 Å². The predicted octanol–water partition coefficient (Wildman–Crippen LogP) is 3.18. The van der Waals surface area contributed by atoms with Crippen molar-refractivity contribution in [2.45, 2.75) is 19.3 Å². The molecule has 1 heteroatoms. The number of hydrogen-bond donors (Lipinski definition) is 0. The first-order chi connectivity index (χ1) is 6.92. The monoisotopic (exact) mass is 183 g/mol. The summed E-state index contributed by atoms with van der Waals surface area (Å²) in [5.41, 5.74) is 2.78. The lowest BCUT2D eigenvalue weighted by molar-refractivity contribution is 0.455. The van der Waals surface area contributed by atoms with Crippen LogP contribution in [-0.4, -0.2) is 6.21 Å². The molecule has 2 aliphatic carbocycles. The van der Waals surface area contributed by atoms with Gasteiger partial charge >= 0.3 is 0 Å².